The molecule has 0 saturated heterocycles. The SMILES string of the molecule is CCC([Si])S1(OC)(OC)(OC)C2=Nc3c(cccc31)SSSS2. The molecule has 0 fully saturated rings. The first-order valence-electron chi connectivity index (χ1n) is 6.87. The zero-order valence-corrected chi connectivity index (χ0v) is 18.3. The fourth-order valence-corrected chi connectivity index (χ4v) is 18.9. The number of hydrogen-bond acceptors (Lipinski definition) is 8. The molecule has 1 aromatic rings. The van der Waals surface area contributed by atoms with Crippen molar-refractivity contribution in [1.29, 1.82) is 0 Å². The minimum absolute atomic E-state index is 0.188. The van der Waals surface area contributed by atoms with Crippen LogP contribution < -0.4 is 0 Å². The van der Waals surface area contributed by atoms with Crippen molar-refractivity contribution in [3.8, 4) is 0 Å². The van der Waals surface area contributed by atoms with E-state index in [0.717, 1.165) is 26.3 Å². The Kier molecular flexibility index (Phi) is 4.74. The topological polar surface area (TPSA) is 40.0 Å². The van der Waals surface area contributed by atoms with E-state index < -0.39 is 9.14 Å². The summed E-state index contributed by atoms with van der Waals surface area (Å²) < 4.78 is 19.8. The van der Waals surface area contributed by atoms with Gasteiger partial charge in [0.1, 0.15) is 0 Å². The molecule has 127 valence electrons. The van der Waals surface area contributed by atoms with Gasteiger partial charge < -0.3 is 12.5 Å². The van der Waals surface area contributed by atoms with Gasteiger partial charge in [0, 0.05) is 29.1 Å². The molecule has 1 atom stereocenters. The number of aliphatic imine (C=N–C) groups is 1. The molecule has 0 aliphatic carbocycles. The smallest absolute Gasteiger partial charge is 0.175 e. The summed E-state index contributed by atoms with van der Waals surface area (Å²) in [7, 11) is 11.3. The summed E-state index contributed by atoms with van der Waals surface area (Å²) in [5.74, 6) is 0. The fraction of sp³-hybridized carbons (Fsp3) is 0.462. The van der Waals surface area contributed by atoms with Crippen molar-refractivity contribution < 1.29 is 12.5 Å². The molecular weight excluding hydrogens is 407 g/mol. The first-order valence-corrected chi connectivity index (χ1v) is 14.6. The lowest BCUT2D eigenvalue weighted by Crippen LogP contribution is -2.53. The summed E-state index contributed by atoms with van der Waals surface area (Å²) in [6.45, 7) is 2.09. The predicted octanol–water partition coefficient (Wildman–Crippen LogP) is 5.56. The van der Waals surface area contributed by atoms with Crippen LogP contribution in [0.25, 0.3) is 0 Å². The predicted molar refractivity (Wildman–Crippen MR) is 109 cm³/mol. The van der Waals surface area contributed by atoms with E-state index in [1.54, 1.807) is 62.6 Å². The molecule has 2 aliphatic heterocycles. The summed E-state index contributed by atoms with van der Waals surface area (Å²) in [5.41, 5.74) is 0.900. The Morgan fingerprint density at radius 3 is 2.39 bits per heavy atom. The van der Waals surface area contributed by atoms with E-state index in [2.05, 4.69) is 23.2 Å². The van der Waals surface area contributed by atoms with Gasteiger partial charge >= 0.3 is 0 Å². The molecule has 23 heavy (non-hydrogen) atoms. The Labute approximate surface area is 155 Å². The maximum absolute atomic E-state index is 6.34. The van der Waals surface area contributed by atoms with E-state index in [-0.39, 0.29) is 4.87 Å². The third-order valence-corrected chi connectivity index (χ3v) is 20.2. The van der Waals surface area contributed by atoms with Gasteiger partial charge in [-0.05, 0) is 59.8 Å². The van der Waals surface area contributed by atoms with E-state index in [0.29, 0.717) is 0 Å². The van der Waals surface area contributed by atoms with Crippen LogP contribution in [0, 0.1) is 0 Å². The third kappa shape index (κ3) is 1.85. The van der Waals surface area contributed by atoms with Crippen LogP contribution >= 0.6 is 50.4 Å². The first-order chi connectivity index (χ1) is 11.0. The van der Waals surface area contributed by atoms with Crippen LogP contribution in [-0.2, 0) is 12.5 Å². The Hall–Kier alpha value is 0.737. The lowest BCUT2D eigenvalue weighted by Gasteiger charge is -2.76. The molecule has 3 rings (SSSR count). The van der Waals surface area contributed by atoms with Crippen LogP contribution in [-0.4, -0.2) is 40.8 Å². The summed E-state index contributed by atoms with van der Waals surface area (Å²) >= 11 is 0. The number of rotatable bonds is 5. The highest BCUT2D eigenvalue weighted by atomic mass is 33.7. The zero-order valence-electron chi connectivity index (χ0n) is 13.2. The Balaban J connectivity index is 2.53. The molecule has 0 spiro atoms. The molecule has 2 bridgehead atoms. The van der Waals surface area contributed by atoms with E-state index in [1.807, 2.05) is 12.1 Å². The van der Waals surface area contributed by atoms with Crippen molar-refractivity contribution in [1.82, 2.24) is 0 Å². The van der Waals surface area contributed by atoms with E-state index in [1.165, 1.54) is 0 Å². The van der Waals surface area contributed by atoms with E-state index >= 15 is 0 Å². The average Bonchev–Trinajstić information content (AvgIpc) is 2.86. The number of hydrogen-bond donors (Lipinski definition) is 0. The summed E-state index contributed by atoms with van der Waals surface area (Å²) in [6, 6.07) is 6.12. The standard InChI is InChI=1S/C13H18NO3S5Si/c1-5-11(23)22(15-2,16-3,17-4)10-8-6-7-9-12(10)14-13(22)19-21-20-18-9/h6-8,11H,5H2,1-4H3. The van der Waals surface area contributed by atoms with Gasteiger partial charge in [0.05, 0.1) is 31.9 Å². The van der Waals surface area contributed by atoms with Gasteiger partial charge in [0.15, 0.2) is 4.38 Å². The average molecular weight is 425 g/mol. The monoisotopic (exact) mass is 424 g/mol. The van der Waals surface area contributed by atoms with Gasteiger partial charge in [-0.25, -0.2) is 4.99 Å². The molecule has 0 amide bonds. The van der Waals surface area contributed by atoms with E-state index in [4.69, 9.17) is 17.5 Å². The second kappa shape index (κ2) is 5.88. The molecular formula is C13H18NO3S5Si. The first kappa shape index (κ1) is 18.5. The van der Waals surface area contributed by atoms with Crippen LogP contribution in [0.3, 0.4) is 0 Å². The van der Waals surface area contributed by atoms with Gasteiger partial charge in [-0.1, -0.05) is 13.0 Å². The van der Waals surface area contributed by atoms with Crippen molar-refractivity contribution in [3.63, 3.8) is 0 Å². The highest BCUT2D eigenvalue weighted by molar-refractivity contribution is 9.28. The van der Waals surface area contributed by atoms with Crippen molar-refractivity contribution in [2.75, 3.05) is 21.3 Å². The van der Waals surface area contributed by atoms with Gasteiger partial charge in [0.25, 0.3) is 0 Å². The zero-order chi connectivity index (χ0) is 16.8. The molecule has 0 aromatic heterocycles. The van der Waals surface area contributed by atoms with Gasteiger partial charge in [-0.15, -0.1) is 0 Å². The molecule has 4 nitrogen and oxygen atoms in total. The van der Waals surface area contributed by atoms with Gasteiger partial charge in [-0.2, -0.15) is 0 Å². The van der Waals surface area contributed by atoms with Crippen molar-refractivity contribution >= 4 is 70.7 Å². The van der Waals surface area contributed by atoms with Crippen LogP contribution in [0.1, 0.15) is 13.3 Å². The summed E-state index contributed by atoms with van der Waals surface area (Å²) in [5, 5.41) is 0. The molecule has 3 radical (unpaired) electrons. The lowest BCUT2D eigenvalue weighted by atomic mass is 10.3. The van der Waals surface area contributed by atoms with Gasteiger partial charge in [-0.3, -0.25) is 0 Å². The second-order valence-electron chi connectivity index (χ2n) is 5.01. The molecule has 1 unspecified atom stereocenters. The molecule has 10 heteroatoms. The minimum Gasteiger partial charge on any atom is -0.307 e. The quantitative estimate of drug-likeness (QED) is 0.348. The number of benzene rings is 1. The highest BCUT2D eigenvalue weighted by Crippen LogP contribution is 3.03. The van der Waals surface area contributed by atoms with Crippen LogP contribution in [0.2, 0.25) is 0 Å². The fourth-order valence-electron chi connectivity index (χ4n) is 3.22. The van der Waals surface area contributed by atoms with Crippen molar-refractivity contribution in [2.24, 2.45) is 4.99 Å². The van der Waals surface area contributed by atoms with Crippen molar-refractivity contribution in [2.45, 2.75) is 28.0 Å². The molecule has 2 aliphatic rings. The maximum Gasteiger partial charge on any atom is 0.175 e. The third-order valence-electron chi connectivity index (χ3n) is 4.53. The largest absolute Gasteiger partial charge is 0.307 e. The normalized spacial score (nSPS) is 27.4. The van der Waals surface area contributed by atoms with Gasteiger partial charge in [0.2, 0.25) is 0 Å². The number of nitrogens with zero attached hydrogens (tertiary/aromatic N) is 1. The maximum atomic E-state index is 6.34. The molecule has 0 saturated carbocycles. The Morgan fingerprint density at radius 2 is 1.78 bits per heavy atom. The Bertz CT molecular complexity index is 682. The molecule has 1 aromatic carbocycles. The summed E-state index contributed by atoms with van der Waals surface area (Å²) in [4.78, 5) is 6.75. The Morgan fingerprint density at radius 1 is 1.13 bits per heavy atom. The van der Waals surface area contributed by atoms with Crippen LogP contribution in [0.4, 0.5) is 5.69 Å². The molecule has 2 heterocycles. The van der Waals surface area contributed by atoms with Crippen LogP contribution in [0.5, 0.6) is 0 Å². The van der Waals surface area contributed by atoms with Crippen molar-refractivity contribution in [3.05, 3.63) is 18.2 Å². The minimum atomic E-state index is -4.21. The lowest BCUT2D eigenvalue weighted by molar-refractivity contribution is 0.205. The number of para-hydroxylation sites is 1. The van der Waals surface area contributed by atoms with E-state index in [9.17, 15) is 0 Å². The van der Waals surface area contributed by atoms with Crippen LogP contribution in [0.15, 0.2) is 33.0 Å². The highest BCUT2D eigenvalue weighted by Gasteiger charge is 2.74. The molecule has 0 N–H and O–H groups in total. The summed E-state index contributed by atoms with van der Waals surface area (Å²) in [6.07, 6.45) is 0.766. The second-order valence-corrected chi connectivity index (χ2v) is 17.1.